The van der Waals surface area contributed by atoms with Crippen LogP contribution < -0.4 is 14.8 Å². The largest absolute Gasteiger partial charge is 0.483 e. The molecule has 0 saturated heterocycles. The van der Waals surface area contributed by atoms with Crippen molar-refractivity contribution in [2.75, 3.05) is 25.0 Å². The van der Waals surface area contributed by atoms with Crippen LogP contribution in [0.4, 0.5) is 5.69 Å². The van der Waals surface area contributed by atoms with E-state index in [0.29, 0.717) is 30.3 Å². The summed E-state index contributed by atoms with van der Waals surface area (Å²) >= 11 is 0. The van der Waals surface area contributed by atoms with E-state index in [2.05, 4.69) is 5.32 Å². The predicted molar refractivity (Wildman–Crippen MR) is 116 cm³/mol. The molecule has 1 amide bonds. The number of benzene rings is 2. The molecule has 3 rings (SSSR count). The van der Waals surface area contributed by atoms with Gasteiger partial charge in [0.05, 0.1) is 4.90 Å². The van der Waals surface area contributed by atoms with E-state index in [-0.39, 0.29) is 23.0 Å². The van der Waals surface area contributed by atoms with Crippen LogP contribution in [0.15, 0.2) is 47.4 Å². The van der Waals surface area contributed by atoms with Crippen LogP contribution >= 0.6 is 0 Å². The monoisotopic (exact) mass is 432 g/mol. The number of carbonyl (C=O) groups excluding carboxylic acids is 1. The van der Waals surface area contributed by atoms with Crippen LogP contribution in [0.25, 0.3) is 0 Å². The number of nitrogens with one attached hydrogen (secondary N) is 1. The second-order valence-electron chi connectivity index (χ2n) is 7.73. The first-order valence-corrected chi connectivity index (χ1v) is 11.4. The summed E-state index contributed by atoms with van der Waals surface area (Å²) in [6, 6.07) is 11.8. The fourth-order valence-corrected chi connectivity index (χ4v) is 4.92. The summed E-state index contributed by atoms with van der Waals surface area (Å²) in [5.74, 6) is 0.874. The number of fused-ring (bicyclic) bond motifs is 1. The van der Waals surface area contributed by atoms with Crippen LogP contribution in [-0.4, -0.2) is 43.9 Å². The van der Waals surface area contributed by atoms with Gasteiger partial charge in [-0.3, -0.25) is 4.79 Å². The Bertz CT molecular complexity index is 1010. The first kappa shape index (κ1) is 22.1. The number of hydrogen-bond acceptors (Lipinski definition) is 5. The van der Waals surface area contributed by atoms with Gasteiger partial charge in [0.15, 0.2) is 18.1 Å². The molecule has 1 aliphatic heterocycles. The SMILES string of the molecule is CCN(CC)S(=O)(=O)c1ccc(NC(=O)COc2cccc3c2OC(C)(C)C3)cc1. The molecule has 0 radical (unpaired) electrons. The van der Waals surface area contributed by atoms with Gasteiger partial charge >= 0.3 is 0 Å². The molecule has 0 spiro atoms. The maximum Gasteiger partial charge on any atom is 0.262 e. The summed E-state index contributed by atoms with van der Waals surface area (Å²) in [6.45, 7) is 8.23. The molecule has 162 valence electrons. The van der Waals surface area contributed by atoms with E-state index in [0.717, 1.165) is 12.0 Å². The number of hydrogen-bond donors (Lipinski definition) is 1. The summed E-state index contributed by atoms with van der Waals surface area (Å²) in [6.07, 6.45) is 0.786. The molecule has 0 aromatic heterocycles. The molecule has 30 heavy (non-hydrogen) atoms. The second kappa shape index (κ2) is 8.65. The number of para-hydroxylation sites is 1. The van der Waals surface area contributed by atoms with Crippen molar-refractivity contribution in [3.05, 3.63) is 48.0 Å². The van der Waals surface area contributed by atoms with Crippen molar-refractivity contribution in [1.29, 1.82) is 0 Å². The van der Waals surface area contributed by atoms with E-state index in [1.54, 1.807) is 32.0 Å². The van der Waals surface area contributed by atoms with Crippen molar-refractivity contribution in [3.63, 3.8) is 0 Å². The standard InChI is InChI=1S/C22H28N2O5S/c1-5-24(6-2)30(26,27)18-12-10-17(11-13-18)23-20(25)15-28-19-9-7-8-16-14-22(3,4)29-21(16)19/h7-13H,5-6,14-15H2,1-4H3,(H,23,25). The van der Waals surface area contributed by atoms with E-state index in [1.165, 1.54) is 16.4 Å². The van der Waals surface area contributed by atoms with Gasteiger partial charge in [0.25, 0.3) is 5.91 Å². The van der Waals surface area contributed by atoms with Crippen LogP contribution in [0.5, 0.6) is 11.5 Å². The van der Waals surface area contributed by atoms with Crippen molar-refractivity contribution >= 4 is 21.6 Å². The molecular formula is C22H28N2O5S. The Morgan fingerprint density at radius 3 is 2.43 bits per heavy atom. The Labute approximate surface area is 178 Å². The van der Waals surface area contributed by atoms with Crippen LogP contribution in [0.3, 0.4) is 0 Å². The van der Waals surface area contributed by atoms with E-state index in [1.807, 2.05) is 26.0 Å². The first-order valence-electron chi connectivity index (χ1n) is 10.00. The van der Waals surface area contributed by atoms with Gasteiger partial charge in [0.1, 0.15) is 5.60 Å². The summed E-state index contributed by atoms with van der Waals surface area (Å²) in [5.41, 5.74) is 1.26. The molecule has 0 bridgehead atoms. The zero-order chi connectivity index (χ0) is 21.9. The van der Waals surface area contributed by atoms with E-state index >= 15 is 0 Å². The summed E-state index contributed by atoms with van der Waals surface area (Å²) in [5, 5.41) is 2.72. The number of ether oxygens (including phenoxy) is 2. The molecule has 1 aliphatic rings. The van der Waals surface area contributed by atoms with Gasteiger partial charge < -0.3 is 14.8 Å². The molecule has 7 nitrogen and oxygen atoms in total. The number of anilines is 1. The average molecular weight is 433 g/mol. The summed E-state index contributed by atoms with van der Waals surface area (Å²) in [4.78, 5) is 12.5. The van der Waals surface area contributed by atoms with Gasteiger partial charge in [0.2, 0.25) is 10.0 Å². The molecule has 0 aliphatic carbocycles. The average Bonchev–Trinajstić information content (AvgIpc) is 3.02. The Kier molecular flexibility index (Phi) is 6.38. The number of nitrogens with zero attached hydrogens (tertiary/aromatic N) is 1. The van der Waals surface area contributed by atoms with Crippen molar-refractivity contribution < 1.29 is 22.7 Å². The Hall–Kier alpha value is -2.58. The Morgan fingerprint density at radius 2 is 1.80 bits per heavy atom. The lowest BCUT2D eigenvalue weighted by Gasteiger charge is -2.18. The van der Waals surface area contributed by atoms with Gasteiger partial charge in [-0.2, -0.15) is 4.31 Å². The third kappa shape index (κ3) is 4.76. The molecule has 0 saturated carbocycles. The van der Waals surface area contributed by atoms with Gasteiger partial charge in [-0.05, 0) is 44.2 Å². The highest BCUT2D eigenvalue weighted by Gasteiger charge is 2.32. The molecule has 8 heteroatoms. The van der Waals surface area contributed by atoms with Crippen molar-refractivity contribution in [3.8, 4) is 11.5 Å². The van der Waals surface area contributed by atoms with Gasteiger partial charge in [-0.1, -0.05) is 26.0 Å². The minimum Gasteiger partial charge on any atom is -0.483 e. The molecule has 2 aromatic rings. The zero-order valence-corrected chi connectivity index (χ0v) is 18.6. The fourth-order valence-electron chi connectivity index (χ4n) is 3.46. The third-order valence-electron chi connectivity index (χ3n) is 4.90. The lowest BCUT2D eigenvalue weighted by Crippen LogP contribution is -2.30. The fraction of sp³-hybridized carbons (Fsp3) is 0.409. The normalized spacial score (nSPS) is 14.8. The van der Waals surface area contributed by atoms with Crippen molar-refractivity contribution in [1.82, 2.24) is 4.31 Å². The van der Waals surface area contributed by atoms with Crippen LogP contribution in [0, 0.1) is 0 Å². The maximum absolute atomic E-state index is 12.5. The summed E-state index contributed by atoms with van der Waals surface area (Å²) in [7, 11) is -3.53. The number of carbonyl (C=O) groups is 1. The number of rotatable bonds is 8. The molecule has 1 N–H and O–H groups in total. The number of sulfonamides is 1. The highest BCUT2D eigenvalue weighted by atomic mass is 32.2. The van der Waals surface area contributed by atoms with Crippen molar-refractivity contribution in [2.45, 2.75) is 44.6 Å². The lowest BCUT2D eigenvalue weighted by atomic mass is 10.0. The highest BCUT2D eigenvalue weighted by Crippen LogP contribution is 2.41. The zero-order valence-electron chi connectivity index (χ0n) is 17.8. The molecule has 0 fully saturated rings. The minimum atomic E-state index is -3.53. The highest BCUT2D eigenvalue weighted by molar-refractivity contribution is 7.89. The van der Waals surface area contributed by atoms with Crippen LogP contribution in [-0.2, 0) is 21.2 Å². The van der Waals surface area contributed by atoms with Crippen LogP contribution in [0.2, 0.25) is 0 Å². The smallest absolute Gasteiger partial charge is 0.262 e. The quantitative estimate of drug-likeness (QED) is 0.691. The van der Waals surface area contributed by atoms with Gasteiger partial charge in [-0.15, -0.1) is 0 Å². The molecule has 0 atom stereocenters. The second-order valence-corrected chi connectivity index (χ2v) is 9.67. The predicted octanol–water partition coefficient (Wildman–Crippen LogP) is 3.45. The third-order valence-corrected chi connectivity index (χ3v) is 6.96. The van der Waals surface area contributed by atoms with Gasteiger partial charge in [0, 0.05) is 30.8 Å². The molecular weight excluding hydrogens is 404 g/mol. The van der Waals surface area contributed by atoms with Crippen LogP contribution in [0.1, 0.15) is 33.3 Å². The Balaban J connectivity index is 1.61. The van der Waals surface area contributed by atoms with E-state index in [9.17, 15) is 13.2 Å². The van der Waals surface area contributed by atoms with E-state index in [4.69, 9.17) is 9.47 Å². The first-order chi connectivity index (χ1) is 14.2. The maximum atomic E-state index is 12.5. The molecule has 2 aromatic carbocycles. The summed E-state index contributed by atoms with van der Waals surface area (Å²) < 4.78 is 38.1. The van der Waals surface area contributed by atoms with Gasteiger partial charge in [-0.25, -0.2) is 8.42 Å². The Morgan fingerprint density at radius 1 is 1.13 bits per heavy atom. The van der Waals surface area contributed by atoms with Crippen molar-refractivity contribution in [2.24, 2.45) is 0 Å². The lowest BCUT2D eigenvalue weighted by molar-refractivity contribution is -0.118. The molecule has 0 unspecified atom stereocenters. The topological polar surface area (TPSA) is 84.9 Å². The van der Waals surface area contributed by atoms with E-state index < -0.39 is 10.0 Å². The minimum absolute atomic E-state index is 0.181. The number of amides is 1. The molecule has 1 heterocycles.